The molecule has 0 saturated carbocycles. The van der Waals surface area contributed by atoms with Crippen molar-refractivity contribution in [3.63, 3.8) is 0 Å². The van der Waals surface area contributed by atoms with Crippen molar-refractivity contribution in [3.05, 3.63) is 35.7 Å². The lowest BCUT2D eigenvalue weighted by Crippen LogP contribution is -2.21. The second-order valence-corrected chi connectivity index (χ2v) is 4.70. The van der Waals surface area contributed by atoms with E-state index in [1.54, 1.807) is 0 Å². The Morgan fingerprint density at radius 1 is 1.19 bits per heavy atom. The van der Waals surface area contributed by atoms with Crippen LogP contribution in [0.1, 0.15) is 25.3 Å². The van der Waals surface area contributed by atoms with E-state index in [1.165, 1.54) is 18.2 Å². The zero-order chi connectivity index (χ0) is 15.5. The first-order chi connectivity index (χ1) is 9.86. The molecule has 8 heteroatoms. The van der Waals surface area contributed by atoms with E-state index in [0.29, 0.717) is 12.4 Å². The molecule has 0 aliphatic carbocycles. The van der Waals surface area contributed by atoms with E-state index < -0.39 is 11.7 Å². The minimum atomic E-state index is -4.45. The quantitative estimate of drug-likeness (QED) is 0.887. The molecule has 0 spiro atoms. The molecule has 0 aliphatic rings. The molecule has 0 fully saturated rings. The minimum absolute atomic E-state index is 0.0766. The molecule has 0 radical (unpaired) electrons. The van der Waals surface area contributed by atoms with Crippen LogP contribution in [0.3, 0.4) is 0 Å². The Morgan fingerprint density at radius 2 is 1.90 bits per heavy atom. The van der Waals surface area contributed by atoms with E-state index in [0.717, 1.165) is 6.07 Å². The number of aromatic nitrogens is 2. The van der Waals surface area contributed by atoms with Gasteiger partial charge in [0, 0.05) is 6.04 Å². The molecule has 0 bridgehead atoms. The molecule has 1 aromatic carbocycles. The predicted octanol–water partition coefficient (Wildman–Crippen LogP) is 3.33. The molecule has 2 N–H and O–H groups in total. The van der Waals surface area contributed by atoms with Crippen molar-refractivity contribution in [2.45, 2.75) is 32.6 Å². The average Bonchev–Trinajstić information content (AvgIpc) is 2.83. The lowest BCUT2D eigenvalue weighted by Gasteiger charge is -2.11. The summed E-state index contributed by atoms with van der Waals surface area (Å²) in [5.41, 5.74) is -0.915. The zero-order valence-electron chi connectivity index (χ0n) is 11.5. The molecule has 1 aromatic heterocycles. The number of rotatable bonds is 5. The van der Waals surface area contributed by atoms with Gasteiger partial charge in [-0.3, -0.25) is 0 Å². The molecule has 0 atom stereocenters. The second kappa shape index (κ2) is 6.13. The van der Waals surface area contributed by atoms with Crippen molar-refractivity contribution in [2.75, 3.05) is 5.32 Å². The van der Waals surface area contributed by atoms with Gasteiger partial charge in [0.2, 0.25) is 5.89 Å². The summed E-state index contributed by atoms with van der Waals surface area (Å²) in [5.74, 6) is 0.302. The summed E-state index contributed by atoms with van der Waals surface area (Å²) in [6.45, 7) is 4.26. The number of para-hydroxylation sites is 1. The normalized spacial score (nSPS) is 11.9. The first-order valence-corrected chi connectivity index (χ1v) is 6.35. The van der Waals surface area contributed by atoms with Crippen LogP contribution >= 0.6 is 0 Å². The maximum absolute atomic E-state index is 12.8. The lowest BCUT2D eigenvalue weighted by atomic mass is 10.2. The van der Waals surface area contributed by atoms with Gasteiger partial charge in [-0.15, -0.1) is 5.10 Å². The highest BCUT2D eigenvalue weighted by atomic mass is 19.4. The number of benzene rings is 1. The zero-order valence-corrected chi connectivity index (χ0v) is 11.5. The SMILES string of the molecule is CC(C)NCc1nnc(Nc2ccccc2C(F)(F)F)o1. The Hall–Kier alpha value is -2.09. The van der Waals surface area contributed by atoms with Gasteiger partial charge in [0.15, 0.2) is 0 Å². The van der Waals surface area contributed by atoms with Crippen LogP contribution in [-0.2, 0) is 12.7 Å². The summed E-state index contributed by atoms with van der Waals surface area (Å²) in [5, 5.41) is 13.0. The van der Waals surface area contributed by atoms with Crippen molar-refractivity contribution >= 4 is 11.7 Å². The van der Waals surface area contributed by atoms with Gasteiger partial charge in [-0.2, -0.15) is 13.2 Å². The molecule has 2 aromatic rings. The maximum atomic E-state index is 12.8. The Labute approximate surface area is 119 Å². The highest BCUT2D eigenvalue weighted by molar-refractivity contribution is 5.58. The van der Waals surface area contributed by atoms with Crippen molar-refractivity contribution in [2.24, 2.45) is 0 Å². The van der Waals surface area contributed by atoms with Gasteiger partial charge >= 0.3 is 12.2 Å². The third-order valence-corrected chi connectivity index (χ3v) is 2.60. The van der Waals surface area contributed by atoms with Crippen LogP contribution in [0.5, 0.6) is 0 Å². The molecule has 1 heterocycles. The first-order valence-electron chi connectivity index (χ1n) is 6.35. The number of nitrogens with zero attached hydrogens (tertiary/aromatic N) is 2. The lowest BCUT2D eigenvalue weighted by molar-refractivity contribution is -0.136. The molecule has 0 unspecified atom stereocenters. The van der Waals surface area contributed by atoms with E-state index in [2.05, 4.69) is 20.8 Å². The van der Waals surface area contributed by atoms with Gasteiger partial charge in [-0.25, -0.2) is 0 Å². The number of nitrogens with one attached hydrogen (secondary N) is 2. The van der Waals surface area contributed by atoms with Crippen LogP contribution in [0.15, 0.2) is 28.7 Å². The monoisotopic (exact) mass is 300 g/mol. The van der Waals surface area contributed by atoms with Crippen LogP contribution in [0.4, 0.5) is 24.9 Å². The largest absolute Gasteiger partial charge is 0.418 e. The van der Waals surface area contributed by atoms with Gasteiger partial charge in [0.1, 0.15) is 0 Å². The van der Waals surface area contributed by atoms with Crippen LogP contribution < -0.4 is 10.6 Å². The Kier molecular flexibility index (Phi) is 4.46. The van der Waals surface area contributed by atoms with Crippen LogP contribution in [0, 0.1) is 0 Å². The standard InChI is InChI=1S/C13H15F3N4O/c1-8(2)17-7-11-19-20-12(21-11)18-10-6-4-3-5-9(10)13(14,15)16/h3-6,8,17H,7H2,1-2H3,(H,18,20). The summed E-state index contributed by atoms with van der Waals surface area (Å²) < 4.78 is 43.8. The predicted molar refractivity (Wildman–Crippen MR) is 71.0 cm³/mol. The molecule has 2 rings (SSSR count). The Balaban J connectivity index is 2.12. The topological polar surface area (TPSA) is 63.0 Å². The highest BCUT2D eigenvalue weighted by Gasteiger charge is 2.33. The smallest absolute Gasteiger partial charge is 0.406 e. The van der Waals surface area contributed by atoms with Gasteiger partial charge in [-0.1, -0.05) is 31.1 Å². The highest BCUT2D eigenvalue weighted by Crippen LogP contribution is 2.35. The first kappa shape index (κ1) is 15.3. The molecular weight excluding hydrogens is 285 g/mol. The minimum Gasteiger partial charge on any atom is -0.406 e. The molecule has 0 aliphatic heterocycles. The van der Waals surface area contributed by atoms with Crippen molar-refractivity contribution in [3.8, 4) is 0 Å². The number of hydrogen-bond acceptors (Lipinski definition) is 5. The number of alkyl halides is 3. The van der Waals surface area contributed by atoms with Crippen molar-refractivity contribution in [1.29, 1.82) is 0 Å². The van der Waals surface area contributed by atoms with E-state index >= 15 is 0 Å². The van der Waals surface area contributed by atoms with Crippen LogP contribution in [0.25, 0.3) is 0 Å². The summed E-state index contributed by atoms with van der Waals surface area (Å²) in [6.07, 6.45) is -4.45. The van der Waals surface area contributed by atoms with Crippen LogP contribution in [-0.4, -0.2) is 16.2 Å². The second-order valence-electron chi connectivity index (χ2n) is 4.70. The molecule has 21 heavy (non-hydrogen) atoms. The van der Waals surface area contributed by atoms with Gasteiger partial charge < -0.3 is 15.1 Å². The fourth-order valence-electron chi connectivity index (χ4n) is 1.62. The fourth-order valence-corrected chi connectivity index (χ4v) is 1.62. The van der Waals surface area contributed by atoms with E-state index in [4.69, 9.17) is 4.42 Å². The Morgan fingerprint density at radius 3 is 2.57 bits per heavy atom. The Bertz CT molecular complexity index is 595. The number of halogens is 3. The van der Waals surface area contributed by atoms with Crippen molar-refractivity contribution < 1.29 is 17.6 Å². The molecular formula is C13H15F3N4O. The van der Waals surface area contributed by atoms with Crippen molar-refractivity contribution in [1.82, 2.24) is 15.5 Å². The van der Waals surface area contributed by atoms with E-state index in [1.807, 2.05) is 13.8 Å². The number of hydrogen-bond donors (Lipinski definition) is 2. The summed E-state index contributed by atoms with van der Waals surface area (Å²) in [7, 11) is 0. The molecule has 0 amide bonds. The molecule has 114 valence electrons. The maximum Gasteiger partial charge on any atom is 0.418 e. The third-order valence-electron chi connectivity index (χ3n) is 2.60. The van der Waals surface area contributed by atoms with Crippen LogP contribution in [0.2, 0.25) is 0 Å². The summed E-state index contributed by atoms with van der Waals surface area (Å²) in [6, 6.07) is 5.26. The van der Waals surface area contributed by atoms with Gasteiger partial charge in [0.25, 0.3) is 0 Å². The summed E-state index contributed by atoms with van der Waals surface area (Å²) >= 11 is 0. The van der Waals surface area contributed by atoms with Gasteiger partial charge in [-0.05, 0) is 12.1 Å². The molecule has 0 saturated heterocycles. The average molecular weight is 300 g/mol. The van der Waals surface area contributed by atoms with E-state index in [-0.39, 0.29) is 17.7 Å². The van der Waals surface area contributed by atoms with E-state index in [9.17, 15) is 13.2 Å². The molecule has 5 nitrogen and oxygen atoms in total. The fraction of sp³-hybridized carbons (Fsp3) is 0.385. The third kappa shape index (κ3) is 4.19. The number of anilines is 2. The summed E-state index contributed by atoms with van der Waals surface area (Å²) in [4.78, 5) is 0. The van der Waals surface area contributed by atoms with Gasteiger partial charge in [0.05, 0.1) is 17.8 Å².